The van der Waals surface area contributed by atoms with E-state index < -0.39 is 23.9 Å². The fraction of sp³-hybridized carbons (Fsp3) is 0.244. The van der Waals surface area contributed by atoms with Crippen LogP contribution in [0.1, 0.15) is 66.4 Å². The van der Waals surface area contributed by atoms with Gasteiger partial charge in [0.15, 0.2) is 6.29 Å². The predicted octanol–water partition coefficient (Wildman–Crippen LogP) is 6.82. The van der Waals surface area contributed by atoms with Crippen LogP contribution in [0.25, 0.3) is 34.2 Å². The minimum atomic E-state index is -0.460. The van der Waals surface area contributed by atoms with E-state index in [1.807, 2.05) is 24.5 Å². The maximum atomic E-state index is 11.5. The van der Waals surface area contributed by atoms with E-state index in [1.165, 1.54) is 64.4 Å². The molecule has 324 valence electrons. The molecule has 17 heteroatoms. The number of aromatic nitrogens is 6. The van der Waals surface area contributed by atoms with Crippen molar-refractivity contribution >= 4 is 23.9 Å². The number of methoxy groups -OCH3 is 4. The Hall–Kier alpha value is -6.66. The Labute approximate surface area is 372 Å². The summed E-state index contributed by atoms with van der Waals surface area (Å²) in [5.74, 6) is -1.84. The van der Waals surface area contributed by atoms with Crippen molar-refractivity contribution in [2.45, 2.75) is 33.5 Å². The molecule has 1 fully saturated rings. The molecule has 1 aliphatic heterocycles. The summed E-state index contributed by atoms with van der Waals surface area (Å²) >= 11 is 0. The normalized spacial score (nSPS) is 11.4. The first-order valence-corrected chi connectivity index (χ1v) is 18.4. The van der Waals surface area contributed by atoms with Gasteiger partial charge >= 0.3 is 23.9 Å². The van der Waals surface area contributed by atoms with Crippen LogP contribution in [0.5, 0.6) is 0 Å². The summed E-state index contributed by atoms with van der Waals surface area (Å²) in [6, 6.07) is 20.5. The number of rotatable bonds is 10. The fourth-order valence-electron chi connectivity index (χ4n) is 5.57. The van der Waals surface area contributed by atoms with Crippen molar-refractivity contribution in [1.29, 1.82) is 0 Å². The van der Waals surface area contributed by atoms with Gasteiger partial charge in [0.1, 0.15) is 0 Å². The molecular formula is C45H46N6O10Os. The van der Waals surface area contributed by atoms with Crippen LogP contribution in [0.2, 0.25) is 0 Å². The molecule has 0 aliphatic carbocycles. The van der Waals surface area contributed by atoms with E-state index in [0.717, 1.165) is 24.2 Å². The quantitative estimate of drug-likeness (QED) is 0.102. The van der Waals surface area contributed by atoms with Crippen molar-refractivity contribution in [2.75, 3.05) is 41.7 Å². The van der Waals surface area contributed by atoms with E-state index in [2.05, 4.69) is 67.9 Å². The van der Waals surface area contributed by atoms with Gasteiger partial charge in [0.25, 0.3) is 0 Å². The second-order valence-electron chi connectivity index (χ2n) is 12.7. The largest absolute Gasteiger partial charge is 0.465 e. The average Bonchev–Trinajstić information content (AvgIpc) is 3.84. The van der Waals surface area contributed by atoms with Gasteiger partial charge in [-0.15, -0.1) is 0 Å². The van der Waals surface area contributed by atoms with Gasteiger partial charge in [-0.3, -0.25) is 29.9 Å². The number of aryl methyl sites for hydroxylation is 2. The summed E-state index contributed by atoms with van der Waals surface area (Å²) in [7, 11) is 5.22. The summed E-state index contributed by atoms with van der Waals surface area (Å²) in [6.45, 7) is 3.47. The molecule has 0 bridgehead atoms. The van der Waals surface area contributed by atoms with Gasteiger partial charge < -0.3 is 28.4 Å². The second-order valence-corrected chi connectivity index (χ2v) is 12.7. The van der Waals surface area contributed by atoms with Crippen molar-refractivity contribution in [3.05, 3.63) is 143 Å². The van der Waals surface area contributed by atoms with Gasteiger partial charge in [0.2, 0.25) is 0 Å². The Morgan fingerprint density at radius 1 is 0.500 bits per heavy atom. The monoisotopic (exact) mass is 1020 g/mol. The van der Waals surface area contributed by atoms with Crippen LogP contribution in [0.3, 0.4) is 0 Å². The van der Waals surface area contributed by atoms with Crippen molar-refractivity contribution in [3.8, 4) is 34.2 Å². The third-order valence-corrected chi connectivity index (χ3v) is 8.61. The molecule has 0 aromatic carbocycles. The molecule has 0 unspecified atom stereocenters. The summed E-state index contributed by atoms with van der Waals surface area (Å²) in [5, 5.41) is 0. The van der Waals surface area contributed by atoms with E-state index in [4.69, 9.17) is 9.47 Å². The zero-order valence-corrected chi connectivity index (χ0v) is 36.5. The number of esters is 4. The summed E-state index contributed by atoms with van der Waals surface area (Å²) in [4.78, 5) is 71.2. The predicted molar refractivity (Wildman–Crippen MR) is 223 cm³/mol. The van der Waals surface area contributed by atoms with Gasteiger partial charge in [-0.2, -0.15) is 0 Å². The fourth-order valence-corrected chi connectivity index (χ4v) is 5.57. The average molecular weight is 1020 g/mol. The second kappa shape index (κ2) is 25.2. The molecule has 16 nitrogen and oxygen atoms in total. The number of carbonyl (C=O) groups excluding carboxylic acids is 4. The van der Waals surface area contributed by atoms with Gasteiger partial charge in [0.05, 0.1) is 98.1 Å². The topological polar surface area (TPSA) is 201 Å². The van der Waals surface area contributed by atoms with E-state index >= 15 is 0 Å². The van der Waals surface area contributed by atoms with Gasteiger partial charge in [0, 0.05) is 63.4 Å². The van der Waals surface area contributed by atoms with E-state index in [-0.39, 0.29) is 33.5 Å². The molecule has 1 saturated heterocycles. The first kappa shape index (κ1) is 49.7. The van der Waals surface area contributed by atoms with Crippen LogP contribution in [-0.2, 0) is 54.6 Å². The van der Waals surface area contributed by atoms with Gasteiger partial charge in [-0.25, -0.2) is 19.2 Å². The Kier molecular flexibility index (Phi) is 20.2. The Bertz CT molecular complexity index is 2200. The maximum Gasteiger partial charge on any atom is 0.337 e. The van der Waals surface area contributed by atoms with Crippen LogP contribution < -0.4 is 0 Å². The third kappa shape index (κ3) is 14.2. The molecule has 0 spiro atoms. The van der Waals surface area contributed by atoms with Gasteiger partial charge in [-0.05, 0) is 97.3 Å². The standard InChI is InChI=1S/C16H18N2O2.2C14H12N2O4.CH4.Os/c1-12-4-6-17-14(10-12)15-11-13(5-7-18-15)2-3-16-19-8-9-20-16;2*1-19-13(17)9-3-5-15-11(7-9)12-8-10(4-6-16-12)14(18)20-2;;/h4-7,10-11,16H,2-3,8-9H2,1H3;2*3-8H,1-2H3;1H4;. The summed E-state index contributed by atoms with van der Waals surface area (Å²) in [6.07, 6.45) is 11.3. The van der Waals surface area contributed by atoms with Crippen LogP contribution >= 0.6 is 0 Å². The Balaban J connectivity index is 0.000000244. The van der Waals surface area contributed by atoms with Crippen molar-refractivity contribution in [1.82, 2.24) is 29.9 Å². The molecule has 6 aromatic rings. The van der Waals surface area contributed by atoms with Crippen LogP contribution in [0.15, 0.2) is 110 Å². The molecule has 62 heavy (non-hydrogen) atoms. The van der Waals surface area contributed by atoms with Crippen LogP contribution in [0.4, 0.5) is 0 Å². The molecule has 6 aromatic heterocycles. The molecular weight excluding hydrogens is 975 g/mol. The van der Waals surface area contributed by atoms with E-state index in [0.29, 0.717) is 58.2 Å². The summed E-state index contributed by atoms with van der Waals surface area (Å²) < 4.78 is 29.5. The number of nitrogens with zero attached hydrogens (tertiary/aromatic N) is 6. The number of carbonyl (C=O) groups is 4. The molecule has 0 saturated carbocycles. The van der Waals surface area contributed by atoms with Crippen molar-refractivity contribution in [3.63, 3.8) is 0 Å². The first-order chi connectivity index (χ1) is 29.1. The third-order valence-electron chi connectivity index (χ3n) is 8.61. The number of hydrogen-bond donors (Lipinski definition) is 0. The van der Waals surface area contributed by atoms with E-state index in [9.17, 15) is 19.2 Å². The molecule has 0 amide bonds. The molecule has 0 atom stereocenters. The van der Waals surface area contributed by atoms with Gasteiger partial charge in [-0.1, -0.05) is 7.43 Å². The van der Waals surface area contributed by atoms with Crippen LogP contribution in [-0.4, -0.2) is 102 Å². The minimum absolute atomic E-state index is 0. The minimum Gasteiger partial charge on any atom is -0.465 e. The molecule has 0 N–H and O–H groups in total. The Morgan fingerprint density at radius 3 is 1.15 bits per heavy atom. The van der Waals surface area contributed by atoms with E-state index in [1.54, 1.807) is 48.5 Å². The SMILES string of the molecule is C.COC(=O)c1ccnc(-c2cc(C(=O)OC)ccn2)c1.COC(=O)c1ccnc(-c2cc(C(=O)OC)ccn2)c1.Cc1ccnc(-c2cc(CCC3OCCO3)ccn2)c1.[Os]. The Morgan fingerprint density at radius 2 is 0.806 bits per heavy atom. The smallest absolute Gasteiger partial charge is 0.337 e. The first-order valence-electron chi connectivity index (χ1n) is 18.4. The van der Waals surface area contributed by atoms with Crippen molar-refractivity contribution in [2.24, 2.45) is 0 Å². The zero-order valence-electron chi connectivity index (χ0n) is 33.9. The molecule has 7 heterocycles. The maximum absolute atomic E-state index is 11.5. The number of hydrogen-bond acceptors (Lipinski definition) is 16. The molecule has 1 aliphatic rings. The molecule has 7 rings (SSSR count). The molecule has 0 radical (unpaired) electrons. The van der Waals surface area contributed by atoms with Crippen LogP contribution in [0, 0.1) is 6.92 Å². The number of ether oxygens (including phenoxy) is 6. The van der Waals surface area contributed by atoms with Crippen molar-refractivity contribution < 1.29 is 67.4 Å². The summed E-state index contributed by atoms with van der Waals surface area (Å²) in [5.41, 5.74) is 7.60. The number of pyridine rings is 6. The zero-order chi connectivity index (χ0) is 42.9.